The van der Waals surface area contributed by atoms with E-state index in [4.69, 9.17) is 13.9 Å². The van der Waals surface area contributed by atoms with Gasteiger partial charge in [-0.25, -0.2) is 4.79 Å². The van der Waals surface area contributed by atoms with Gasteiger partial charge in [-0.2, -0.15) is 0 Å². The van der Waals surface area contributed by atoms with E-state index in [9.17, 15) is 14.4 Å². The van der Waals surface area contributed by atoms with Crippen molar-refractivity contribution in [1.29, 1.82) is 0 Å². The van der Waals surface area contributed by atoms with E-state index in [1.807, 2.05) is 0 Å². The molecule has 0 aliphatic heterocycles. The third-order valence-corrected chi connectivity index (χ3v) is 3.38. The van der Waals surface area contributed by atoms with Gasteiger partial charge in [-0.3, -0.25) is 9.59 Å². The zero-order chi connectivity index (χ0) is 17.1. The summed E-state index contributed by atoms with van der Waals surface area (Å²) in [6.07, 6.45) is -1.20. The highest BCUT2D eigenvalue weighted by Gasteiger charge is 2.31. The van der Waals surface area contributed by atoms with E-state index in [1.54, 1.807) is 32.0 Å². The number of rotatable bonds is 5. The van der Waals surface area contributed by atoms with Crippen LogP contribution < -0.4 is 10.4 Å². The summed E-state index contributed by atoms with van der Waals surface area (Å²) in [4.78, 5) is 35.6. The van der Waals surface area contributed by atoms with Crippen LogP contribution >= 0.6 is 0 Å². The maximum atomic E-state index is 12.5. The standard InChI is InChI=1S/C17H18O6/c1-9(2)15(20)17(22-10(3)18)14-12(21-4)7-5-11-6-8-13(19)23-16(11)14/h5-9,17H,1-4H3. The Labute approximate surface area is 133 Å². The van der Waals surface area contributed by atoms with E-state index in [-0.39, 0.29) is 22.8 Å². The monoisotopic (exact) mass is 318 g/mol. The first-order chi connectivity index (χ1) is 10.8. The van der Waals surface area contributed by atoms with Crippen molar-refractivity contribution >= 4 is 22.7 Å². The van der Waals surface area contributed by atoms with Crippen LogP contribution in [0.15, 0.2) is 33.5 Å². The molecule has 0 aliphatic carbocycles. The number of esters is 1. The number of hydrogen-bond donors (Lipinski definition) is 0. The Kier molecular flexibility index (Phi) is 4.83. The van der Waals surface area contributed by atoms with Gasteiger partial charge in [-0.1, -0.05) is 13.8 Å². The summed E-state index contributed by atoms with van der Waals surface area (Å²) >= 11 is 0. The van der Waals surface area contributed by atoms with Gasteiger partial charge >= 0.3 is 11.6 Å². The molecule has 1 unspecified atom stereocenters. The topological polar surface area (TPSA) is 82.8 Å². The highest BCUT2D eigenvalue weighted by atomic mass is 16.5. The fourth-order valence-electron chi connectivity index (χ4n) is 2.29. The van der Waals surface area contributed by atoms with Crippen LogP contribution in [0, 0.1) is 5.92 Å². The molecule has 1 heterocycles. The van der Waals surface area contributed by atoms with Crippen molar-refractivity contribution in [1.82, 2.24) is 0 Å². The molecule has 0 saturated heterocycles. The Balaban J connectivity index is 2.78. The summed E-state index contributed by atoms with van der Waals surface area (Å²) in [5, 5.41) is 0.606. The Bertz CT molecular complexity index is 802. The first-order valence-electron chi connectivity index (χ1n) is 7.16. The summed E-state index contributed by atoms with van der Waals surface area (Å²) in [6, 6.07) is 6.20. The van der Waals surface area contributed by atoms with Crippen LogP contribution in [0.4, 0.5) is 0 Å². The van der Waals surface area contributed by atoms with Crippen LogP contribution in [0.3, 0.4) is 0 Å². The van der Waals surface area contributed by atoms with Crippen molar-refractivity contribution in [2.45, 2.75) is 26.9 Å². The van der Waals surface area contributed by atoms with E-state index in [0.717, 1.165) is 0 Å². The quantitative estimate of drug-likeness (QED) is 0.622. The average Bonchev–Trinajstić information content (AvgIpc) is 2.50. The molecular weight excluding hydrogens is 300 g/mol. The molecule has 6 heteroatoms. The summed E-state index contributed by atoms with van der Waals surface area (Å²) in [6.45, 7) is 4.62. The third kappa shape index (κ3) is 3.41. The molecule has 0 fully saturated rings. The second kappa shape index (κ2) is 6.64. The summed E-state index contributed by atoms with van der Waals surface area (Å²) in [7, 11) is 1.43. The fraction of sp³-hybridized carbons (Fsp3) is 0.353. The minimum atomic E-state index is -1.20. The maximum absolute atomic E-state index is 12.5. The van der Waals surface area contributed by atoms with Gasteiger partial charge in [-0.15, -0.1) is 0 Å². The number of benzene rings is 1. The van der Waals surface area contributed by atoms with Gasteiger partial charge < -0.3 is 13.9 Å². The third-order valence-electron chi connectivity index (χ3n) is 3.38. The molecule has 2 rings (SSSR count). The Morgan fingerprint density at radius 1 is 1.13 bits per heavy atom. The van der Waals surface area contributed by atoms with Gasteiger partial charge in [0.2, 0.25) is 0 Å². The molecule has 2 aromatic rings. The van der Waals surface area contributed by atoms with Crippen molar-refractivity contribution in [3.05, 3.63) is 40.2 Å². The Morgan fingerprint density at radius 2 is 1.78 bits per heavy atom. The number of Topliss-reactive ketones (excluding diaryl/α,β-unsaturated/α-hetero) is 1. The van der Waals surface area contributed by atoms with Crippen LogP contribution in [-0.2, 0) is 14.3 Å². The number of methoxy groups -OCH3 is 1. The predicted molar refractivity (Wildman–Crippen MR) is 83.4 cm³/mol. The molecule has 0 bridgehead atoms. The van der Waals surface area contributed by atoms with Gasteiger partial charge in [0.05, 0.1) is 12.7 Å². The van der Waals surface area contributed by atoms with E-state index in [0.29, 0.717) is 11.1 Å². The van der Waals surface area contributed by atoms with Crippen molar-refractivity contribution in [3.63, 3.8) is 0 Å². The largest absolute Gasteiger partial charge is 0.496 e. The normalized spacial score (nSPS) is 12.2. The number of hydrogen-bond acceptors (Lipinski definition) is 6. The van der Waals surface area contributed by atoms with E-state index in [1.165, 1.54) is 20.1 Å². The molecule has 0 aliphatic rings. The number of ether oxygens (including phenoxy) is 2. The van der Waals surface area contributed by atoms with Gasteiger partial charge in [0.1, 0.15) is 11.3 Å². The van der Waals surface area contributed by atoms with Gasteiger partial charge in [0, 0.05) is 24.3 Å². The Hall–Kier alpha value is -2.63. The minimum absolute atomic E-state index is 0.178. The second-order valence-corrected chi connectivity index (χ2v) is 5.40. The zero-order valence-corrected chi connectivity index (χ0v) is 13.4. The summed E-state index contributed by atoms with van der Waals surface area (Å²) in [5.74, 6) is -0.985. The van der Waals surface area contributed by atoms with Crippen molar-refractivity contribution < 1.29 is 23.5 Å². The number of carbonyl (C=O) groups is 2. The first kappa shape index (κ1) is 16.7. The van der Waals surface area contributed by atoms with Gasteiger partial charge in [0.15, 0.2) is 11.9 Å². The van der Waals surface area contributed by atoms with E-state index < -0.39 is 17.7 Å². The second-order valence-electron chi connectivity index (χ2n) is 5.40. The maximum Gasteiger partial charge on any atom is 0.336 e. The summed E-state index contributed by atoms with van der Waals surface area (Å²) < 4.78 is 15.7. The van der Waals surface area contributed by atoms with Gasteiger partial charge in [0.25, 0.3) is 0 Å². The lowest BCUT2D eigenvalue weighted by molar-refractivity contribution is -0.154. The first-order valence-corrected chi connectivity index (χ1v) is 7.16. The molecule has 0 N–H and O–H groups in total. The molecule has 122 valence electrons. The van der Waals surface area contributed by atoms with Crippen LogP contribution in [0.1, 0.15) is 32.4 Å². The molecule has 1 aromatic carbocycles. The van der Waals surface area contributed by atoms with Crippen LogP contribution in [0.5, 0.6) is 5.75 Å². The average molecular weight is 318 g/mol. The fourth-order valence-corrected chi connectivity index (χ4v) is 2.29. The molecule has 1 atom stereocenters. The molecule has 6 nitrogen and oxygen atoms in total. The predicted octanol–water partition coefficient (Wildman–Crippen LogP) is 2.63. The molecule has 0 radical (unpaired) electrons. The van der Waals surface area contributed by atoms with Crippen LogP contribution in [-0.4, -0.2) is 18.9 Å². The van der Waals surface area contributed by atoms with E-state index >= 15 is 0 Å². The number of carbonyl (C=O) groups excluding carboxylic acids is 2. The molecule has 23 heavy (non-hydrogen) atoms. The lowest BCUT2D eigenvalue weighted by Gasteiger charge is -2.21. The minimum Gasteiger partial charge on any atom is -0.496 e. The smallest absolute Gasteiger partial charge is 0.336 e. The lowest BCUT2D eigenvalue weighted by atomic mass is 9.95. The van der Waals surface area contributed by atoms with Crippen molar-refractivity contribution in [3.8, 4) is 5.75 Å². The lowest BCUT2D eigenvalue weighted by Crippen LogP contribution is -2.23. The molecular formula is C17H18O6. The van der Waals surface area contributed by atoms with Gasteiger partial charge in [-0.05, 0) is 18.2 Å². The summed E-state index contributed by atoms with van der Waals surface area (Å²) in [5.41, 5.74) is -0.140. The highest BCUT2D eigenvalue weighted by Crippen LogP contribution is 2.36. The molecule has 0 saturated carbocycles. The van der Waals surface area contributed by atoms with Crippen LogP contribution in [0.2, 0.25) is 0 Å². The molecule has 1 aromatic heterocycles. The van der Waals surface area contributed by atoms with E-state index in [2.05, 4.69) is 0 Å². The molecule has 0 amide bonds. The van der Waals surface area contributed by atoms with Crippen molar-refractivity contribution in [2.24, 2.45) is 5.92 Å². The SMILES string of the molecule is COc1ccc2ccc(=O)oc2c1C(OC(C)=O)C(=O)C(C)C. The number of ketones is 1. The molecule has 0 spiro atoms. The van der Waals surface area contributed by atoms with Crippen LogP contribution in [0.25, 0.3) is 11.0 Å². The Morgan fingerprint density at radius 3 is 2.35 bits per heavy atom. The zero-order valence-electron chi connectivity index (χ0n) is 13.4. The highest BCUT2D eigenvalue weighted by molar-refractivity contribution is 5.94. The number of fused-ring (bicyclic) bond motifs is 1. The van der Waals surface area contributed by atoms with Crippen molar-refractivity contribution in [2.75, 3.05) is 7.11 Å².